The summed E-state index contributed by atoms with van der Waals surface area (Å²) in [6, 6.07) is 12.3. The summed E-state index contributed by atoms with van der Waals surface area (Å²) in [6.45, 7) is 10.5. The fourth-order valence-corrected chi connectivity index (χ4v) is 4.49. The van der Waals surface area contributed by atoms with E-state index in [4.69, 9.17) is 18.9 Å². The van der Waals surface area contributed by atoms with Crippen molar-refractivity contribution < 1.29 is 29.2 Å². The van der Waals surface area contributed by atoms with Crippen molar-refractivity contribution in [1.82, 2.24) is 0 Å². The van der Waals surface area contributed by atoms with Crippen molar-refractivity contribution in [2.45, 2.75) is 78.4 Å². The number of aryl methyl sites for hydroxylation is 2. The summed E-state index contributed by atoms with van der Waals surface area (Å²) in [5.74, 6) is 1.44. The minimum Gasteiger partial charge on any atom is -0.489 e. The standard InChI is InChI=1S/C32H46O6/c1-5-7-9-15-35-19-25(33)21-37-31-27-13-11-24(4)18-30(27)32(28-14-12-23(3)17-29(28)31)38-22-26(34)20-36-16-10-8-6-2/h11-14,17-18,25-26,33-34H,5-10,15-16,19-22H2,1-4H3. The molecule has 0 aliphatic heterocycles. The minimum absolute atomic E-state index is 0.133. The number of fused-ring (bicyclic) bond motifs is 2. The number of hydrogen-bond acceptors (Lipinski definition) is 6. The molecule has 0 fully saturated rings. The number of benzene rings is 3. The Kier molecular flexibility index (Phi) is 12.6. The van der Waals surface area contributed by atoms with Crippen molar-refractivity contribution in [3.8, 4) is 11.5 Å². The van der Waals surface area contributed by atoms with Crippen LogP contribution >= 0.6 is 0 Å². The maximum atomic E-state index is 10.5. The van der Waals surface area contributed by atoms with Gasteiger partial charge in [0.1, 0.15) is 36.9 Å². The number of ether oxygens (including phenoxy) is 4. The fraction of sp³-hybridized carbons (Fsp3) is 0.562. The van der Waals surface area contributed by atoms with Gasteiger partial charge >= 0.3 is 0 Å². The third-order valence-corrected chi connectivity index (χ3v) is 6.57. The van der Waals surface area contributed by atoms with Gasteiger partial charge < -0.3 is 29.2 Å². The van der Waals surface area contributed by atoms with Gasteiger partial charge in [-0.3, -0.25) is 0 Å². The Morgan fingerprint density at radius 2 is 1.00 bits per heavy atom. The Morgan fingerprint density at radius 1 is 0.579 bits per heavy atom. The van der Waals surface area contributed by atoms with Gasteiger partial charge in [-0.05, 0) is 38.8 Å². The van der Waals surface area contributed by atoms with Crippen LogP contribution < -0.4 is 9.47 Å². The van der Waals surface area contributed by atoms with E-state index in [1.807, 2.05) is 38.1 Å². The molecule has 0 aromatic heterocycles. The maximum Gasteiger partial charge on any atom is 0.135 e. The number of aliphatic hydroxyl groups excluding tert-OH is 2. The average molecular weight is 527 g/mol. The van der Waals surface area contributed by atoms with Gasteiger partial charge in [0, 0.05) is 34.8 Å². The van der Waals surface area contributed by atoms with Gasteiger partial charge in [-0.2, -0.15) is 0 Å². The topological polar surface area (TPSA) is 77.4 Å². The van der Waals surface area contributed by atoms with E-state index >= 15 is 0 Å². The Labute approximate surface area is 227 Å². The molecule has 0 saturated heterocycles. The largest absolute Gasteiger partial charge is 0.489 e. The van der Waals surface area contributed by atoms with Gasteiger partial charge in [-0.15, -0.1) is 0 Å². The summed E-state index contributed by atoms with van der Waals surface area (Å²) in [4.78, 5) is 0. The summed E-state index contributed by atoms with van der Waals surface area (Å²) < 4.78 is 23.8. The third-order valence-electron chi connectivity index (χ3n) is 6.57. The second-order valence-electron chi connectivity index (χ2n) is 10.3. The molecule has 0 bridgehead atoms. The van der Waals surface area contributed by atoms with E-state index in [2.05, 4.69) is 26.0 Å². The average Bonchev–Trinajstić information content (AvgIpc) is 2.90. The zero-order valence-electron chi connectivity index (χ0n) is 23.6. The predicted molar refractivity (Wildman–Crippen MR) is 155 cm³/mol. The lowest BCUT2D eigenvalue weighted by atomic mass is 9.97. The quantitative estimate of drug-likeness (QED) is 0.145. The normalized spacial score (nSPS) is 13.2. The second kappa shape index (κ2) is 15.9. The molecule has 6 heteroatoms. The van der Waals surface area contributed by atoms with Crippen LogP contribution in [0.25, 0.3) is 21.5 Å². The molecular weight excluding hydrogens is 480 g/mol. The van der Waals surface area contributed by atoms with Crippen molar-refractivity contribution in [2.75, 3.05) is 39.6 Å². The van der Waals surface area contributed by atoms with Gasteiger partial charge in [0.2, 0.25) is 0 Å². The molecule has 3 rings (SSSR count). The number of hydrogen-bond donors (Lipinski definition) is 2. The van der Waals surface area contributed by atoms with Crippen LogP contribution in [0.1, 0.15) is 63.5 Å². The Hall–Kier alpha value is -2.38. The zero-order chi connectivity index (χ0) is 27.3. The SMILES string of the molecule is CCCCCOCC(O)COc1c2ccc(C)cc2c(OCC(O)COCCCCC)c2ccc(C)cc12. The van der Waals surface area contributed by atoms with Crippen molar-refractivity contribution in [3.63, 3.8) is 0 Å². The fourth-order valence-electron chi connectivity index (χ4n) is 4.49. The lowest BCUT2D eigenvalue weighted by Gasteiger charge is -2.21. The van der Waals surface area contributed by atoms with E-state index in [0.717, 1.165) is 82.7 Å². The van der Waals surface area contributed by atoms with Crippen molar-refractivity contribution >= 4 is 21.5 Å². The highest BCUT2D eigenvalue weighted by Gasteiger charge is 2.19. The number of rotatable bonds is 18. The van der Waals surface area contributed by atoms with Gasteiger partial charge in [-0.1, -0.05) is 74.9 Å². The molecule has 6 nitrogen and oxygen atoms in total. The molecule has 0 aliphatic carbocycles. The molecular formula is C32H46O6. The minimum atomic E-state index is -0.722. The van der Waals surface area contributed by atoms with Crippen LogP contribution in [0.4, 0.5) is 0 Å². The van der Waals surface area contributed by atoms with E-state index in [0.29, 0.717) is 13.2 Å². The summed E-state index contributed by atoms with van der Waals surface area (Å²) in [7, 11) is 0. The maximum absolute atomic E-state index is 10.5. The summed E-state index contributed by atoms with van der Waals surface area (Å²) in [6.07, 6.45) is 5.08. The van der Waals surface area contributed by atoms with E-state index in [9.17, 15) is 10.2 Å². The molecule has 0 spiro atoms. The highest BCUT2D eigenvalue weighted by atomic mass is 16.5. The highest BCUT2D eigenvalue weighted by molar-refractivity contribution is 6.11. The molecule has 0 heterocycles. The van der Waals surface area contributed by atoms with Gasteiger partial charge in [0.25, 0.3) is 0 Å². The Balaban J connectivity index is 1.81. The summed E-state index contributed by atoms with van der Waals surface area (Å²) in [5.41, 5.74) is 2.19. The first-order valence-corrected chi connectivity index (χ1v) is 14.2. The molecule has 0 radical (unpaired) electrons. The summed E-state index contributed by atoms with van der Waals surface area (Å²) >= 11 is 0. The zero-order valence-corrected chi connectivity index (χ0v) is 23.6. The van der Waals surface area contributed by atoms with Gasteiger partial charge in [0.15, 0.2) is 0 Å². The summed E-state index contributed by atoms with van der Waals surface area (Å²) in [5, 5.41) is 24.7. The van der Waals surface area contributed by atoms with E-state index < -0.39 is 12.2 Å². The first-order valence-electron chi connectivity index (χ1n) is 14.2. The third kappa shape index (κ3) is 8.84. The lowest BCUT2D eigenvalue weighted by Crippen LogP contribution is -2.24. The first-order chi connectivity index (χ1) is 18.4. The molecule has 2 atom stereocenters. The molecule has 0 amide bonds. The first kappa shape index (κ1) is 30.2. The molecule has 3 aromatic rings. The Bertz CT molecular complexity index is 1040. The monoisotopic (exact) mass is 526 g/mol. The van der Waals surface area contributed by atoms with Crippen LogP contribution in [0.15, 0.2) is 36.4 Å². The highest BCUT2D eigenvalue weighted by Crippen LogP contribution is 2.43. The molecule has 2 unspecified atom stereocenters. The smallest absolute Gasteiger partial charge is 0.135 e. The molecule has 38 heavy (non-hydrogen) atoms. The van der Waals surface area contributed by atoms with E-state index in [-0.39, 0.29) is 26.4 Å². The molecule has 0 aliphatic rings. The molecule has 2 N–H and O–H groups in total. The molecule has 210 valence electrons. The second-order valence-corrected chi connectivity index (χ2v) is 10.3. The van der Waals surface area contributed by atoms with Crippen molar-refractivity contribution in [2.24, 2.45) is 0 Å². The predicted octanol–water partition coefficient (Wildman–Crippen LogP) is 6.50. The van der Waals surface area contributed by atoms with Gasteiger partial charge in [0.05, 0.1) is 13.2 Å². The van der Waals surface area contributed by atoms with Crippen molar-refractivity contribution in [1.29, 1.82) is 0 Å². The van der Waals surface area contributed by atoms with Crippen LogP contribution in [-0.2, 0) is 9.47 Å². The lowest BCUT2D eigenvalue weighted by molar-refractivity contribution is 0.0112. The van der Waals surface area contributed by atoms with E-state index in [1.165, 1.54) is 0 Å². The molecule has 3 aromatic carbocycles. The van der Waals surface area contributed by atoms with Gasteiger partial charge in [-0.25, -0.2) is 0 Å². The number of aliphatic hydroxyl groups is 2. The van der Waals surface area contributed by atoms with Crippen LogP contribution in [0.2, 0.25) is 0 Å². The van der Waals surface area contributed by atoms with Crippen LogP contribution in [0, 0.1) is 13.8 Å². The molecule has 0 saturated carbocycles. The van der Waals surface area contributed by atoms with E-state index in [1.54, 1.807) is 0 Å². The van der Waals surface area contributed by atoms with Crippen molar-refractivity contribution in [3.05, 3.63) is 47.5 Å². The Morgan fingerprint density at radius 3 is 1.39 bits per heavy atom. The van der Waals surface area contributed by atoms with Crippen LogP contribution in [-0.4, -0.2) is 62.1 Å². The van der Waals surface area contributed by atoms with Crippen LogP contribution in [0.5, 0.6) is 11.5 Å². The number of unbranched alkanes of at least 4 members (excludes halogenated alkanes) is 4. The van der Waals surface area contributed by atoms with Crippen LogP contribution in [0.3, 0.4) is 0 Å².